The van der Waals surface area contributed by atoms with Crippen LogP contribution in [0.5, 0.6) is 0 Å². The van der Waals surface area contributed by atoms with Crippen LogP contribution in [0.25, 0.3) is 21.6 Å². The summed E-state index contributed by atoms with van der Waals surface area (Å²) in [5, 5.41) is 7.06. The van der Waals surface area contributed by atoms with Crippen molar-refractivity contribution >= 4 is 45.3 Å². The average Bonchev–Trinajstić information content (AvgIpc) is 3.03. The van der Waals surface area contributed by atoms with Gasteiger partial charge < -0.3 is 5.32 Å². The van der Waals surface area contributed by atoms with E-state index in [1.807, 2.05) is 53.9 Å². The quantitative estimate of drug-likeness (QED) is 0.487. The van der Waals surface area contributed by atoms with Crippen molar-refractivity contribution in [1.82, 2.24) is 9.97 Å². The number of aromatic nitrogens is 2. The van der Waals surface area contributed by atoms with E-state index in [-0.39, 0.29) is 0 Å². The van der Waals surface area contributed by atoms with E-state index in [0.717, 1.165) is 32.8 Å². The predicted molar refractivity (Wildman–Crippen MR) is 102 cm³/mol. The summed E-state index contributed by atoms with van der Waals surface area (Å²) in [5.74, 6) is 1.43. The Balaban J connectivity index is 1.90. The van der Waals surface area contributed by atoms with Gasteiger partial charge in [0.1, 0.15) is 5.82 Å². The summed E-state index contributed by atoms with van der Waals surface area (Å²) in [6.45, 7) is 2.07. The van der Waals surface area contributed by atoms with Crippen molar-refractivity contribution in [3.05, 3.63) is 70.6 Å². The van der Waals surface area contributed by atoms with Gasteiger partial charge in [0.05, 0.1) is 15.4 Å². The molecule has 0 bridgehead atoms. The van der Waals surface area contributed by atoms with Gasteiger partial charge in [0, 0.05) is 11.1 Å². The third-order valence-electron chi connectivity index (χ3n) is 3.82. The molecule has 4 aromatic rings. The maximum absolute atomic E-state index is 6.27. The summed E-state index contributed by atoms with van der Waals surface area (Å²) < 4.78 is 0. The maximum atomic E-state index is 6.27. The van der Waals surface area contributed by atoms with Crippen molar-refractivity contribution in [3.8, 4) is 10.7 Å². The molecule has 0 atom stereocenters. The van der Waals surface area contributed by atoms with Gasteiger partial charge in [0.15, 0.2) is 5.82 Å². The fourth-order valence-electron chi connectivity index (χ4n) is 2.57. The molecule has 0 saturated heterocycles. The lowest BCUT2D eigenvalue weighted by atomic mass is 10.2. The lowest BCUT2D eigenvalue weighted by molar-refractivity contribution is 1.23. The van der Waals surface area contributed by atoms with Crippen LogP contribution in [0.15, 0.2) is 60.0 Å². The van der Waals surface area contributed by atoms with Crippen LogP contribution in [-0.4, -0.2) is 9.97 Å². The Kier molecular flexibility index (Phi) is 3.92. The second-order valence-electron chi connectivity index (χ2n) is 5.45. The fourth-order valence-corrected chi connectivity index (χ4v) is 3.64. The summed E-state index contributed by atoms with van der Waals surface area (Å²) in [5.41, 5.74) is 3.09. The summed E-state index contributed by atoms with van der Waals surface area (Å²) in [7, 11) is 0. The molecule has 2 aromatic heterocycles. The first-order valence-corrected chi connectivity index (χ1v) is 8.81. The number of anilines is 2. The number of para-hydroxylation sites is 2. The van der Waals surface area contributed by atoms with Crippen molar-refractivity contribution in [1.29, 1.82) is 0 Å². The molecule has 118 valence electrons. The number of hydrogen-bond donors (Lipinski definition) is 1. The molecule has 0 radical (unpaired) electrons. The normalized spacial score (nSPS) is 10.9. The highest BCUT2D eigenvalue weighted by atomic mass is 35.5. The van der Waals surface area contributed by atoms with E-state index in [1.54, 1.807) is 11.3 Å². The minimum absolute atomic E-state index is 0.643. The molecule has 0 amide bonds. The molecule has 0 fully saturated rings. The average molecular weight is 352 g/mol. The number of hydrogen-bond acceptors (Lipinski definition) is 4. The van der Waals surface area contributed by atoms with E-state index < -0.39 is 0 Å². The molecule has 2 aromatic carbocycles. The number of thiophene rings is 1. The van der Waals surface area contributed by atoms with E-state index in [2.05, 4.69) is 23.3 Å². The lowest BCUT2D eigenvalue weighted by Gasteiger charge is -2.12. The molecule has 5 heteroatoms. The van der Waals surface area contributed by atoms with E-state index in [1.165, 1.54) is 0 Å². The molecule has 2 heterocycles. The Labute approximate surface area is 149 Å². The van der Waals surface area contributed by atoms with Crippen LogP contribution >= 0.6 is 22.9 Å². The molecule has 24 heavy (non-hydrogen) atoms. The maximum Gasteiger partial charge on any atom is 0.173 e. The summed E-state index contributed by atoms with van der Waals surface area (Å²) in [6.07, 6.45) is 0. The van der Waals surface area contributed by atoms with Crippen molar-refractivity contribution in [2.24, 2.45) is 0 Å². The standard InChI is InChI=1S/C19H14ClN3S/c1-12-6-2-4-8-15(12)21-18-13-7-3-5-9-16(13)22-19(23-18)17-14(20)10-11-24-17/h2-11H,1H3,(H,21,22,23). The molecule has 1 N–H and O–H groups in total. The van der Waals surface area contributed by atoms with Gasteiger partial charge >= 0.3 is 0 Å². The fraction of sp³-hybridized carbons (Fsp3) is 0.0526. The Hall–Kier alpha value is -2.43. The SMILES string of the molecule is Cc1ccccc1Nc1nc(-c2sccc2Cl)nc2ccccc12. The largest absolute Gasteiger partial charge is 0.339 e. The van der Waals surface area contributed by atoms with Crippen LogP contribution in [0, 0.1) is 6.92 Å². The monoisotopic (exact) mass is 351 g/mol. The predicted octanol–water partition coefficient (Wildman–Crippen LogP) is 6.06. The topological polar surface area (TPSA) is 37.8 Å². The van der Waals surface area contributed by atoms with Gasteiger partial charge in [-0.25, -0.2) is 9.97 Å². The highest BCUT2D eigenvalue weighted by molar-refractivity contribution is 7.14. The van der Waals surface area contributed by atoms with Crippen molar-refractivity contribution in [2.45, 2.75) is 6.92 Å². The molecular formula is C19H14ClN3S. The van der Waals surface area contributed by atoms with Crippen LogP contribution in [0.3, 0.4) is 0 Å². The number of rotatable bonds is 3. The zero-order chi connectivity index (χ0) is 16.5. The number of fused-ring (bicyclic) bond motifs is 1. The van der Waals surface area contributed by atoms with Crippen molar-refractivity contribution in [3.63, 3.8) is 0 Å². The number of nitrogens with one attached hydrogen (secondary N) is 1. The number of nitrogens with zero attached hydrogens (tertiary/aromatic N) is 2. The van der Waals surface area contributed by atoms with E-state index in [9.17, 15) is 0 Å². The van der Waals surface area contributed by atoms with Gasteiger partial charge in [0.25, 0.3) is 0 Å². The van der Waals surface area contributed by atoms with Gasteiger partial charge in [0.2, 0.25) is 0 Å². The number of aryl methyl sites for hydroxylation is 1. The highest BCUT2D eigenvalue weighted by Gasteiger charge is 2.13. The smallest absolute Gasteiger partial charge is 0.173 e. The van der Waals surface area contributed by atoms with Crippen LogP contribution < -0.4 is 5.32 Å². The van der Waals surface area contributed by atoms with Crippen LogP contribution in [0.4, 0.5) is 11.5 Å². The van der Waals surface area contributed by atoms with Crippen LogP contribution in [-0.2, 0) is 0 Å². The Morgan fingerprint density at radius 2 is 1.75 bits per heavy atom. The van der Waals surface area contributed by atoms with E-state index in [4.69, 9.17) is 16.6 Å². The Morgan fingerprint density at radius 1 is 0.958 bits per heavy atom. The zero-order valence-electron chi connectivity index (χ0n) is 13.0. The first-order chi connectivity index (χ1) is 11.7. The minimum atomic E-state index is 0.643. The van der Waals surface area contributed by atoms with Crippen LogP contribution in [0.1, 0.15) is 5.56 Å². The summed E-state index contributed by atoms with van der Waals surface area (Å²) in [4.78, 5) is 10.3. The molecule has 4 rings (SSSR count). The molecule has 0 unspecified atom stereocenters. The van der Waals surface area contributed by atoms with Gasteiger partial charge in [-0.15, -0.1) is 11.3 Å². The summed E-state index contributed by atoms with van der Waals surface area (Å²) in [6, 6.07) is 18.0. The molecule has 0 spiro atoms. The molecule has 0 aliphatic heterocycles. The van der Waals surface area contributed by atoms with Crippen molar-refractivity contribution in [2.75, 3.05) is 5.32 Å². The molecule has 0 aliphatic carbocycles. The minimum Gasteiger partial charge on any atom is -0.339 e. The second-order valence-corrected chi connectivity index (χ2v) is 6.77. The Morgan fingerprint density at radius 3 is 2.54 bits per heavy atom. The molecular weight excluding hydrogens is 338 g/mol. The van der Waals surface area contributed by atoms with E-state index in [0.29, 0.717) is 10.8 Å². The van der Waals surface area contributed by atoms with Crippen molar-refractivity contribution < 1.29 is 0 Å². The first kappa shape index (κ1) is 15.1. The van der Waals surface area contributed by atoms with Gasteiger partial charge in [-0.1, -0.05) is 41.9 Å². The molecule has 0 saturated carbocycles. The third kappa shape index (κ3) is 2.75. The third-order valence-corrected chi connectivity index (χ3v) is 5.16. The molecule has 3 nitrogen and oxygen atoms in total. The number of benzene rings is 2. The second kappa shape index (κ2) is 6.23. The first-order valence-electron chi connectivity index (χ1n) is 7.55. The highest BCUT2D eigenvalue weighted by Crippen LogP contribution is 2.34. The van der Waals surface area contributed by atoms with Gasteiger partial charge in [-0.05, 0) is 42.1 Å². The van der Waals surface area contributed by atoms with Gasteiger partial charge in [-0.2, -0.15) is 0 Å². The molecule has 0 aliphatic rings. The lowest BCUT2D eigenvalue weighted by Crippen LogP contribution is -2.00. The van der Waals surface area contributed by atoms with Gasteiger partial charge in [-0.3, -0.25) is 0 Å². The van der Waals surface area contributed by atoms with Crippen LogP contribution in [0.2, 0.25) is 5.02 Å². The Bertz CT molecular complexity index is 1030. The summed E-state index contributed by atoms with van der Waals surface area (Å²) >= 11 is 7.82. The zero-order valence-corrected chi connectivity index (χ0v) is 14.5. The van der Waals surface area contributed by atoms with E-state index >= 15 is 0 Å². The number of halogens is 1.